The van der Waals surface area contributed by atoms with Crippen molar-refractivity contribution in [3.05, 3.63) is 86.6 Å². The minimum atomic E-state index is -4.37. The van der Waals surface area contributed by atoms with Crippen LogP contribution in [-0.2, 0) is 17.5 Å². The van der Waals surface area contributed by atoms with Crippen molar-refractivity contribution in [3.8, 4) is 0 Å². The number of rotatable bonds is 3. The van der Waals surface area contributed by atoms with E-state index < -0.39 is 11.7 Å². The Bertz CT molecular complexity index is 1090. The van der Waals surface area contributed by atoms with Gasteiger partial charge in [0.05, 0.1) is 22.8 Å². The van der Waals surface area contributed by atoms with E-state index in [1.807, 2.05) is 47.7 Å². The molecule has 1 amide bonds. The Balaban J connectivity index is 1.58. The van der Waals surface area contributed by atoms with Crippen molar-refractivity contribution in [3.63, 3.8) is 0 Å². The normalized spacial score (nSPS) is 20.7. The molecule has 2 aromatic carbocycles. The summed E-state index contributed by atoms with van der Waals surface area (Å²) < 4.78 is 38.6. The lowest BCUT2D eigenvalue weighted by Crippen LogP contribution is -2.29. The van der Waals surface area contributed by atoms with Gasteiger partial charge in [0.25, 0.3) is 5.91 Å². The van der Waals surface area contributed by atoms with Crippen LogP contribution in [0.1, 0.15) is 16.7 Å². The summed E-state index contributed by atoms with van der Waals surface area (Å²) in [5.74, 6) is -0.133. The van der Waals surface area contributed by atoms with Gasteiger partial charge in [-0.2, -0.15) is 13.2 Å². The number of halogens is 3. The van der Waals surface area contributed by atoms with Gasteiger partial charge in [-0.15, -0.1) is 0 Å². The summed E-state index contributed by atoms with van der Waals surface area (Å²) in [7, 11) is 3.46. The molecule has 2 aliphatic heterocycles. The first kappa shape index (κ1) is 21.6. The highest BCUT2D eigenvalue weighted by atomic mass is 32.2. The summed E-state index contributed by atoms with van der Waals surface area (Å²) in [6.45, 7) is 0.420. The number of hydrogen-bond donors (Lipinski definition) is 0. The number of amidine groups is 1. The Morgan fingerprint density at radius 3 is 2.32 bits per heavy atom. The molecule has 0 aromatic heterocycles. The fourth-order valence-corrected chi connectivity index (χ4v) is 5.47. The van der Waals surface area contributed by atoms with Crippen LogP contribution in [0.2, 0.25) is 0 Å². The number of hydrogen-bond acceptors (Lipinski definition) is 5. The summed E-state index contributed by atoms with van der Waals surface area (Å²) in [5.41, 5.74) is 1.70. The molecule has 31 heavy (non-hydrogen) atoms. The van der Waals surface area contributed by atoms with Gasteiger partial charge in [0.2, 0.25) is 0 Å². The smallest absolute Gasteiger partial charge is 0.337 e. The maximum Gasteiger partial charge on any atom is 0.416 e. The van der Waals surface area contributed by atoms with Gasteiger partial charge in [-0.1, -0.05) is 54.2 Å². The fourth-order valence-electron chi connectivity index (χ4n) is 3.28. The summed E-state index contributed by atoms with van der Waals surface area (Å²) in [6, 6.07) is 14.7. The maximum absolute atomic E-state index is 13.2. The van der Waals surface area contributed by atoms with Crippen molar-refractivity contribution in [1.82, 2.24) is 9.80 Å². The molecule has 2 aromatic rings. The van der Waals surface area contributed by atoms with Gasteiger partial charge in [-0.3, -0.25) is 14.7 Å². The molecule has 4 rings (SSSR count). The Labute approximate surface area is 186 Å². The topological polar surface area (TPSA) is 35.9 Å². The van der Waals surface area contributed by atoms with Crippen LogP contribution in [0, 0.1) is 0 Å². The van der Waals surface area contributed by atoms with Crippen molar-refractivity contribution in [2.45, 2.75) is 12.7 Å². The molecule has 2 aliphatic rings. The molecule has 0 atom stereocenters. The molecule has 1 fully saturated rings. The number of carbonyl (C=O) groups excluding carboxylic acids is 1. The van der Waals surface area contributed by atoms with Gasteiger partial charge < -0.3 is 4.90 Å². The molecule has 0 N–H and O–H groups in total. The molecule has 0 unspecified atom stereocenters. The van der Waals surface area contributed by atoms with Crippen molar-refractivity contribution in [2.24, 2.45) is 4.99 Å². The van der Waals surface area contributed by atoms with Crippen LogP contribution >= 0.6 is 23.5 Å². The number of thioether (sulfide) groups is 2. The van der Waals surface area contributed by atoms with Gasteiger partial charge >= 0.3 is 6.18 Å². The molecular formula is C22H18F3N3OS2. The first-order chi connectivity index (χ1) is 14.8. The van der Waals surface area contributed by atoms with Crippen LogP contribution in [0.3, 0.4) is 0 Å². The van der Waals surface area contributed by atoms with E-state index in [1.165, 1.54) is 35.7 Å². The van der Waals surface area contributed by atoms with E-state index in [0.717, 1.165) is 28.4 Å². The first-order valence-electron chi connectivity index (χ1n) is 9.32. The predicted molar refractivity (Wildman–Crippen MR) is 120 cm³/mol. The van der Waals surface area contributed by atoms with Crippen LogP contribution in [0.25, 0.3) is 5.70 Å². The number of nitrogens with zero attached hydrogens (tertiary/aromatic N) is 3. The zero-order chi connectivity index (χ0) is 22.2. The molecule has 0 radical (unpaired) electrons. The molecule has 0 aliphatic carbocycles. The number of aliphatic imine (C=N–C) groups is 1. The van der Waals surface area contributed by atoms with E-state index in [2.05, 4.69) is 4.99 Å². The number of carbonyl (C=O) groups is 1. The largest absolute Gasteiger partial charge is 0.416 e. The third-order valence-electron chi connectivity index (χ3n) is 4.89. The average Bonchev–Trinajstić information content (AvgIpc) is 3.28. The molecule has 2 heterocycles. The van der Waals surface area contributed by atoms with E-state index in [-0.39, 0.29) is 5.91 Å². The van der Waals surface area contributed by atoms with Crippen molar-refractivity contribution < 1.29 is 18.0 Å². The quantitative estimate of drug-likeness (QED) is 0.557. The molecular weight excluding hydrogens is 443 g/mol. The lowest BCUT2D eigenvalue weighted by atomic mass is 10.1. The van der Waals surface area contributed by atoms with E-state index in [9.17, 15) is 18.0 Å². The van der Waals surface area contributed by atoms with Gasteiger partial charge in [-0.05, 0) is 35.0 Å². The van der Waals surface area contributed by atoms with Crippen LogP contribution in [0.5, 0.6) is 0 Å². The van der Waals surface area contributed by atoms with Gasteiger partial charge in [0.1, 0.15) is 4.91 Å². The van der Waals surface area contributed by atoms with Crippen molar-refractivity contribution in [2.75, 3.05) is 14.1 Å². The highest BCUT2D eigenvalue weighted by Crippen LogP contribution is 2.46. The zero-order valence-electron chi connectivity index (χ0n) is 16.7. The predicted octanol–water partition coefficient (Wildman–Crippen LogP) is 5.61. The lowest BCUT2D eigenvalue weighted by molar-refractivity contribution is -0.137. The number of amides is 1. The highest BCUT2D eigenvalue weighted by Gasteiger charge is 2.38. The SMILES string of the molecule is CN=C1S/C(=C2\SC=C(c3ccc(C(F)(F)F)cc3)N2C)C(=O)N1Cc1ccccc1. The third-order valence-corrected chi connectivity index (χ3v) is 7.22. The second-order valence-electron chi connectivity index (χ2n) is 6.87. The van der Waals surface area contributed by atoms with E-state index in [4.69, 9.17) is 0 Å². The molecule has 4 nitrogen and oxygen atoms in total. The molecule has 0 spiro atoms. The van der Waals surface area contributed by atoms with Crippen LogP contribution < -0.4 is 0 Å². The van der Waals surface area contributed by atoms with Crippen LogP contribution in [-0.4, -0.2) is 35.0 Å². The summed E-state index contributed by atoms with van der Waals surface area (Å²) in [4.78, 5) is 21.5. The summed E-state index contributed by atoms with van der Waals surface area (Å²) in [5, 5.41) is 3.21. The summed E-state index contributed by atoms with van der Waals surface area (Å²) in [6.07, 6.45) is -4.37. The average molecular weight is 462 g/mol. The second kappa shape index (κ2) is 8.47. The Hall–Kier alpha value is -2.65. The minimum absolute atomic E-state index is 0.133. The number of alkyl halides is 3. The highest BCUT2D eigenvalue weighted by molar-refractivity contribution is 8.19. The Kier molecular flexibility index (Phi) is 5.90. The van der Waals surface area contributed by atoms with Crippen LogP contribution in [0.4, 0.5) is 13.2 Å². The van der Waals surface area contributed by atoms with E-state index >= 15 is 0 Å². The molecule has 1 saturated heterocycles. The van der Waals surface area contributed by atoms with Gasteiger partial charge in [0.15, 0.2) is 5.17 Å². The lowest BCUT2D eigenvalue weighted by Gasteiger charge is -2.19. The van der Waals surface area contributed by atoms with Gasteiger partial charge in [-0.25, -0.2) is 0 Å². The molecule has 0 saturated carbocycles. The maximum atomic E-state index is 13.2. The molecule has 160 valence electrons. The second-order valence-corrected chi connectivity index (χ2v) is 8.71. The van der Waals surface area contributed by atoms with Crippen molar-refractivity contribution in [1.29, 1.82) is 0 Å². The van der Waals surface area contributed by atoms with E-state index in [1.54, 1.807) is 11.9 Å². The standard InChI is InChI=1S/C22H18F3N3OS2/c1-26-21-28(12-14-6-4-3-5-7-14)19(29)18(31-21)20-27(2)17(13-30-20)15-8-10-16(11-9-15)22(23,24)25/h3-11,13H,12H2,1-2H3/b20-18-,26-21?. The Morgan fingerprint density at radius 1 is 1.03 bits per heavy atom. The van der Waals surface area contributed by atoms with Gasteiger partial charge in [0, 0.05) is 19.5 Å². The zero-order valence-corrected chi connectivity index (χ0v) is 18.3. The summed E-state index contributed by atoms with van der Waals surface area (Å²) >= 11 is 2.69. The minimum Gasteiger partial charge on any atom is -0.337 e. The fraction of sp³-hybridized carbons (Fsp3) is 0.182. The Morgan fingerprint density at radius 2 is 1.71 bits per heavy atom. The first-order valence-corrected chi connectivity index (χ1v) is 11.0. The van der Waals surface area contributed by atoms with Crippen LogP contribution in [0.15, 0.2) is 74.9 Å². The molecule has 9 heteroatoms. The third kappa shape index (κ3) is 4.24. The monoisotopic (exact) mass is 461 g/mol. The number of benzene rings is 2. The van der Waals surface area contributed by atoms with E-state index in [0.29, 0.717) is 22.2 Å². The molecule has 0 bridgehead atoms. The van der Waals surface area contributed by atoms with Crippen molar-refractivity contribution >= 4 is 40.3 Å².